The minimum atomic E-state index is 0.0487. The van der Waals surface area contributed by atoms with Crippen LogP contribution in [0.3, 0.4) is 0 Å². The third-order valence-corrected chi connectivity index (χ3v) is 3.16. The van der Waals surface area contributed by atoms with Gasteiger partial charge in [0.15, 0.2) is 0 Å². The van der Waals surface area contributed by atoms with Crippen LogP contribution in [-0.2, 0) is 4.79 Å². The minimum absolute atomic E-state index is 0.0487. The van der Waals surface area contributed by atoms with E-state index in [2.05, 4.69) is 33.1 Å². The molecule has 1 unspecified atom stereocenters. The first-order valence-corrected chi connectivity index (χ1v) is 7.29. The highest BCUT2D eigenvalue weighted by Gasteiger charge is 2.28. The molecule has 0 bridgehead atoms. The average molecular weight is 281 g/mol. The fraction of sp³-hybridized carbons (Fsp3) is 0.769. The van der Waals surface area contributed by atoms with Crippen molar-refractivity contribution >= 4 is 11.9 Å². The van der Waals surface area contributed by atoms with Crippen LogP contribution in [0.1, 0.15) is 45.0 Å². The van der Waals surface area contributed by atoms with Gasteiger partial charge in [-0.25, -0.2) is 0 Å². The molecule has 20 heavy (non-hydrogen) atoms. The van der Waals surface area contributed by atoms with Crippen LogP contribution in [0.2, 0.25) is 0 Å². The molecular formula is C13H23N5O2. The lowest BCUT2D eigenvalue weighted by atomic mass is 10.3. The highest BCUT2D eigenvalue weighted by Crippen LogP contribution is 2.28. The van der Waals surface area contributed by atoms with E-state index in [9.17, 15) is 4.79 Å². The van der Waals surface area contributed by atoms with Crippen molar-refractivity contribution in [1.29, 1.82) is 0 Å². The molecule has 0 aliphatic heterocycles. The van der Waals surface area contributed by atoms with Gasteiger partial charge in [-0.3, -0.25) is 4.79 Å². The smallest absolute Gasteiger partial charge is 0.315 e. The van der Waals surface area contributed by atoms with Crippen molar-refractivity contribution in [2.75, 3.05) is 25.0 Å². The summed E-state index contributed by atoms with van der Waals surface area (Å²) in [5.74, 6) is 0.967. The molecule has 7 heteroatoms. The van der Waals surface area contributed by atoms with Gasteiger partial charge in [-0.2, -0.15) is 0 Å². The third kappa shape index (κ3) is 4.48. The Kier molecular flexibility index (Phi) is 5.34. The maximum atomic E-state index is 11.4. The van der Waals surface area contributed by atoms with Gasteiger partial charge in [-0.15, -0.1) is 5.10 Å². The normalized spacial score (nSPS) is 15.9. The molecule has 0 radical (unpaired) electrons. The number of anilines is 1. The first-order valence-electron chi connectivity index (χ1n) is 7.29. The Balaban J connectivity index is 1.65. The summed E-state index contributed by atoms with van der Waals surface area (Å²) in [5.41, 5.74) is 0. The lowest BCUT2D eigenvalue weighted by Gasteiger charge is -2.07. The molecule has 1 atom stereocenters. The zero-order valence-electron chi connectivity index (χ0n) is 12.1. The lowest BCUT2D eigenvalue weighted by Crippen LogP contribution is -2.29. The zero-order chi connectivity index (χ0) is 14.4. The topological polar surface area (TPSA) is 92.1 Å². The van der Waals surface area contributed by atoms with Gasteiger partial charge in [0.25, 0.3) is 0 Å². The Labute approximate surface area is 118 Å². The highest BCUT2D eigenvalue weighted by molar-refractivity contribution is 5.80. The summed E-state index contributed by atoms with van der Waals surface area (Å²) < 4.78 is 5.50. The summed E-state index contributed by atoms with van der Waals surface area (Å²) in [6.45, 7) is 6.16. The fourth-order valence-corrected chi connectivity index (χ4v) is 1.77. The van der Waals surface area contributed by atoms with Gasteiger partial charge in [0.1, 0.15) is 0 Å². The van der Waals surface area contributed by atoms with Crippen molar-refractivity contribution in [3.63, 3.8) is 0 Å². The van der Waals surface area contributed by atoms with E-state index in [-0.39, 0.29) is 17.9 Å². The summed E-state index contributed by atoms with van der Waals surface area (Å²) in [7, 11) is 0. The Hall–Kier alpha value is -1.63. The van der Waals surface area contributed by atoms with E-state index >= 15 is 0 Å². The Morgan fingerprint density at radius 3 is 2.85 bits per heavy atom. The molecule has 0 saturated heterocycles. The molecule has 2 rings (SSSR count). The average Bonchev–Trinajstić information content (AvgIpc) is 3.20. The van der Waals surface area contributed by atoms with Crippen LogP contribution < -0.4 is 16.0 Å². The van der Waals surface area contributed by atoms with Crippen molar-refractivity contribution in [2.24, 2.45) is 5.92 Å². The number of carbonyl (C=O) groups is 1. The summed E-state index contributed by atoms with van der Waals surface area (Å²) in [6.07, 6.45) is 3.11. The van der Waals surface area contributed by atoms with Gasteiger partial charge in [0.05, 0.1) is 6.04 Å². The van der Waals surface area contributed by atoms with E-state index in [4.69, 9.17) is 4.42 Å². The number of amides is 1. The number of hydrogen-bond acceptors (Lipinski definition) is 6. The molecular weight excluding hydrogens is 258 g/mol. The Morgan fingerprint density at radius 1 is 1.35 bits per heavy atom. The standard InChI is InChI=1S/C13H23N5O2/c1-3-6-14-9(2)12-17-18-13(20-12)16-8-7-15-11(19)10-4-5-10/h9-10,14H,3-8H2,1-2H3,(H,15,19)(H,16,18). The van der Waals surface area contributed by atoms with E-state index in [1.165, 1.54) is 0 Å². The van der Waals surface area contributed by atoms with Gasteiger partial charge in [-0.05, 0) is 32.7 Å². The monoisotopic (exact) mass is 281 g/mol. The van der Waals surface area contributed by atoms with Gasteiger partial charge in [0, 0.05) is 19.0 Å². The van der Waals surface area contributed by atoms with Crippen molar-refractivity contribution in [3.8, 4) is 0 Å². The van der Waals surface area contributed by atoms with Crippen molar-refractivity contribution in [2.45, 2.75) is 39.2 Å². The number of carbonyl (C=O) groups excluding carboxylic acids is 1. The number of aromatic nitrogens is 2. The van der Waals surface area contributed by atoms with Gasteiger partial charge < -0.3 is 20.4 Å². The quantitative estimate of drug-likeness (QED) is 0.586. The first-order chi connectivity index (χ1) is 9.70. The SMILES string of the molecule is CCCNC(C)c1nnc(NCCNC(=O)C2CC2)o1. The summed E-state index contributed by atoms with van der Waals surface area (Å²) in [6, 6.07) is 0.443. The molecule has 7 nitrogen and oxygen atoms in total. The van der Waals surface area contributed by atoms with E-state index in [1.807, 2.05) is 6.92 Å². The van der Waals surface area contributed by atoms with Gasteiger partial charge in [-0.1, -0.05) is 12.0 Å². The number of nitrogens with one attached hydrogen (secondary N) is 3. The molecule has 112 valence electrons. The van der Waals surface area contributed by atoms with Crippen LogP contribution in [0.4, 0.5) is 6.01 Å². The summed E-state index contributed by atoms with van der Waals surface area (Å²) >= 11 is 0. The predicted molar refractivity (Wildman–Crippen MR) is 75.2 cm³/mol. The Morgan fingerprint density at radius 2 is 2.15 bits per heavy atom. The minimum Gasteiger partial charge on any atom is -0.406 e. The van der Waals surface area contributed by atoms with E-state index < -0.39 is 0 Å². The highest BCUT2D eigenvalue weighted by atomic mass is 16.4. The summed E-state index contributed by atoms with van der Waals surface area (Å²) in [4.78, 5) is 11.4. The fourth-order valence-electron chi connectivity index (χ4n) is 1.77. The predicted octanol–water partition coefficient (Wildman–Crippen LogP) is 1.07. The van der Waals surface area contributed by atoms with Crippen LogP contribution >= 0.6 is 0 Å². The molecule has 1 aliphatic carbocycles. The molecule has 3 N–H and O–H groups in total. The van der Waals surface area contributed by atoms with Crippen molar-refractivity contribution in [1.82, 2.24) is 20.8 Å². The number of rotatable bonds is 9. The van der Waals surface area contributed by atoms with E-state index in [1.54, 1.807) is 0 Å². The first kappa shape index (κ1) is 14.8. The molecule has 0 spiro atoms. The molecule has 1 aliphatic rings. The second-order valence-electron chi connectivity index (χ2n) is 5.11. The maximum absolute atomic E-state index is 11.4. The maximum Gasteiger partial charge on any atom is 0.315 e. The van der Waals surface area contributed by atoms with E-state index in [0.717, 1.165) is 25.8 Å². The Bertz CT molecular complexity index is 430. The molecule has 1 fully saturated rings. The molecule has 1 aromatic rings. The number of hydrogen-bond donors (Lipinski definition) is 3. The second-order valence-corrected chi connectivity index (χ2v) is 5.11. The molecule has 1 saturated carbocycles. The molecule has 0 aromatic carbocycles. The van der Waals surface area contributed by atoms with Gasteiger partial charge in [0.2, 0.25) is 11.8 Å². The van der Waals surface area contributed by atoms with Crippen molar-refractivity contribution in [3.05, 3.63) is 5.89 Å². The summed E-state index contributed by atoms with van der Waals surface area (Å²) in [5, 5.41) is 17.1. The zero-order valence-corrected chi connectivity index (χ0v) is 12.1. The number of nitrogens with zero attached hydrogens (tertiary/aromatic N) is 2. The van der Waals surface area contributed by atoms with Gasteiger partial charge >= 0.3 is 6.01 Å². The van der Waals surface area contributed by atoms with Crippen LogP contribution in [0, 0.1) is 5.92 Å². The van der Waals surface area contributed by atoms with Crippen LogP contribution in [0.5, 0.6) is 0 Å². The van der Waals surface area contributed by atoms with E-state index in [0.29, 0.717) is 25.0 Å². The molecule has 1 amide bonds. The largest absolute Gasteiger partial charge is 0.406 e. The second kappa shape index (κ2) is 7.23. The van der Waals surface area contributed by atoms with Crippen LogP contribution in [0.25, 0.3) is 0 Å². The molecule has 1 heterocycles. The van der Waals surface area contributed by atoms with Crippen molar-refractivity contribution < 1.29 is 9.21 Å². The molecule has 1 aromatic heterocycles. The lowest BCUT2D eigenvalue weighted by molar-refractivity contribution is -0.122. The van der Waals surface area contributed by atoms with Crippen LogP contribution in [-0.4, -0.2) is 35.7 Å². The third-order valence-electron chi connectivity index (χ3n) is 3.16. The van der Waals surface area contributed by atoms with Crippen LogP contribution in [0.15, 0.2) is 4.42 Å².